The SMILES string of the molecule is O=[C]NCN1CCC1. The Bertz CT molecular complexity index is 80.5. The summed E-state index contributed by atoms with van der Waals surface area (Å²) >= 11 is 0. The number of nitrogens with one attached hydrogen (secondary N) is 1. The standard InChI is InChI=1S/C5H9N2O/c8-5-6-4-7-2-1-3-7/h1-4H2,(H,6,8). The molecule has 1 aliphatic heterocycles. The third-order valence-corrected chi connectivity index (χ3v) is 1.32. The second-order valence-corrected chi connectivity index (χ2v) is 1.91. The Hall–Kier alpha value is -0.570. The van der Waals surface area contributed by atoms with Gasteiger partial charge in [0.25, 0.3) is 0 Å². The highest BCUT2D eigenvalue weighted by Crippen LogP contribution is 2.01. The first-order valence-electron chi connectivity index (χ1n) is 2.76. The minimum Gasteiger partial charge on any atom is -0.335 e. The van der Waals surface area contributed by atoms with Gasteiger partial charge >= 0.3 is 6.41 Å². The van der Waals surface area contributed by atoms with Crippen molar-refractivity contribution in [3.05, 3.63) is 0 Å². The summed E-state index contributed by atoms with van der Waals surface area (Å²) in [4.78, 5) is 11.7. The summed E-state index contributed by atoms with van der Waals surface area (Å²) in [6.45, 7) is 2.91. The molecule has 8 heavy (non-hydrogen) atoms. The fourth-order valence-corrected chi connectivity index (χ4v) is 0.684. The minimum absolute atomic E-state index is 0.670. The molecule has 1 amide bonds. The van der Waals surface area contributed by atoms with Crippen molar-refractivity contribution < 1.29 is 4.79 Å². The highest BCUT2D eigenvalue weighted by molar-refractivity contribution is 5.46. The number of likely N-dealkylation sites (tertiary alicyclic amines) is 1. The van der Waals surface area contributed by atoms with Crippen molar-refractivity contribution in [2.45, 2.75) is 6.42 Å². The molecule has 1 aliphatic rings. The summed E-state index contributed by atoms with van der Waals surface area (Å²) < 4.78 is 0. The van der Waals surface area contributed by atoms with Crippen LogP contribution in [0.2, 0.25) is 0 Å². The van der Waals surface area contributed by atoms with Crippen molar-refractivity contribution in [1.29, 1.82) is 0 Å². The van der Waals surface area contributed by atoms with E-state index >= 15 is 0 Å². The monoisotopic (exact) mass is 113 g/mol. The molecule has 1 fully saturated rings. The van der Waals surface area contributed by atoms with Gasteiger partial charge in [-0.15, -0.1) is 0 Å². The summed E-state index contributed by atoms with van der Waals surface area (Å²) in [7, 11) is 0. The Morgan fingerprint density at radius 2 is 2.38 bits per heavy atom. The van der Waals surface area contributed by atoms with E-state index in [2.05, 4.69) is 10.2 Å². The maximum absolute atomic E-state index is 9.59. The highest BCUT2D eigenvalue weighted by atomic mass is 16.1. The van der Waals surface area contributed by atoms with Crippen molar-refractivity contribution in [2.24, 2.45) is 0 Å². The molecule has 3 heteroatoms. The lowest BCUT2D eigenvalue weighted by atomic mass is 10.2. The quantitative estimate of drug-likeness (QED) is 0.491. The second-order valence-electron chi connectivity index (χ2n) is 1.91. The second kappa shape index (κ2) is 2.67. The molecule has 1 N–H and O–H groups in total. The van der Waals surface area contributed by atoms with Gasteiger partial charge in [-0.1, -0.05) is 0 Å². The number of hydrogen-bond acceptors (Lipinski definition) is 2. The van der Waals surface area contributed by atoms with Gasteiger partial charge < -0.3 is 5.32 Å². The van der Waals surface area contributed by atoms with Gasteiger partial charge in [-0.25, -0.2) is 0 Å². The van der Waals surface area contributed by atoms with Gasteiger partial charge in [-0.2, -0.15) is 0 Å². The number of rotatable bonds is 3. The van der Waals surface area contributed by atoms with Gasteiger partial charge in [0.1, 0.15) is 0 Å². The van der Waals surface area contributed by atoms with Crippen LogP contribution < -0.4 is 5.32 Å². The molecule has 0 saturated carbocycles. The van der Waals surface area contributed by atoms with Crippen LogP contribution in [0.5, 0.6) is 0 Å². The summed E-state index contributed by atoms with van der Waals surface area (Å²) in [5.41, 5.74) is 0. The molecule has 0 spiro atoms. The molecule has 0 bridgehead atoms. The van der Waals surface area contributed by atoms with E-state index in [1.54, 1.807) is 6.41 Å². The molecule has 3 nitrogen and oxygen atoms in total. The van der Waals surface area contributed by atoms with Gasteiger partial charge in [0, 0.05) is 13.1 Å². The molecule has 0 unspecified atom stereocenters. The largest absolute Gasteiger partial charge is 0.335 e. The average Bonchev–Trinajstić information content (AvgIpc) is 1.63. The van der Waals surface area contributed by atoms with E-state index in [1.165, 1.54) is 6.42 Å². The van der Waals surface area contributed by atoms with E-state index in [0.717, 1.165) is 13.1 Å². The first kappa shape index (κ1) is 5.56. The van der Waals surface area contributed by atoms with Gasteiger partial charge in [-0.3, -0.25) is 9.69 Å². The van der Waals surface area contributed by atoms with Crippen LogP contribution in [-0.2, 0) is 4.79 Å². The topological polar surface area (TPSA) is 32.3 Å². The van der Waals surface area contributed by atoms with Crippen molar-refractivity contribution in [3.63, 3.8) is 0 Å². The summed E-state index contributed by atoms with van der Waals surface area (Å²) in [6.07, 6.45) is 2.89. The predicted molar refractivity (Wildman–Crippen MR) is 29.9 cm³/mol. The molecule has 1 saturated heterocycles. The van der Waals surface area contributed by atoms with Gasteiger partial charge in [0.05, 0.1) is 6.67 Å². The van der Waals surface area contributed by atoms with E-state index in [0.29, 0.717) is 6.67 Å². The van der Waals surface area contributed by atoms with Crippen LogP contribution in [0.25, 0.3) is 0 Å². The zero-order valence-electron chi connectivity index (χ0n) is 4.68. The molecule has 1 radical (unpaired) electrons. The Morgan fingerprint density at radius 1 is 1.62 bits per heavy atom. The van der Waals surface area contributed by atoms with Crippen LogP contribution in [0.4, 0.5) is 0 Å². The van der Waals surface area contributed by atoms with Crippen LogP contribution in [0, 0.1) is 0 Å². The number of hydrogen-bond donors (Lipinski definition) is 1. The molecular formula is C5H9N2O. The molecule has 0 aromatic heterocycles. The van der Waals surface area contributed by atoms with Crippen molar-refractivity contribution in [2.75, 3.05) is 19.8 Å². The van der Waals surface area contributed by atoms with Gasteiger partial charge in [0.15, 0.2) is 0 Å². The molecule has 0 atom stereocenters. The fraction of sp³-hybridized carbons (Fsp3) is 0.800. The summed E-state index contributed by atoms with van der Waals surface area (Å²) in [6, 6.07) is 0. The molecule has 0 aliphatic carbocycles. The Morgan fingerprint density at radius 3 is 2.75 bits per heavy atom. The Kier molecular flexibility index (Phi) is 1.86. The maximum Gasteiger partial charge on any atom is 0.310 e. The maximum atomic E-state index is 9.59. The smallest absolute Gasteiger partial charge is 0.310 e. The average molecular weight is 113 g/mol. The summed E-state index contributed by atoms with van der Waals surface area (Å²) in [5.74, 6) is 0. The van der Waals surface area contributed by atoms with Crippen molar-refractivity contribution in [1.82, 2.24) is 10.2 Å². The fourth-order valence-electron chi connectivity index (χ4n) is 0.684. The molecule has 1 heterocycles. The normalized spacial score (nSPS) is 19.5. The van der Waals surface area contributed by atoms with E-state index < -0.39 is 0 Å². The van der Waals surface area contributed by atoms with Crippen molar-refractivity contribution >= 4 is 6.41 Å². The number of nitrogens with zero attached hydrogens (tertiary/aromatic N) is 1. The Balaban J connectivity index is 1.93. The van der Waals surface area contributed by atoms with Crippen LogP contribution >= 0.6 is 0 Å². The van der Waals surface area contributed by atoms with Crippen LogP contribution in [0.15, 0.2) is 0 Å². The number of carbonyl (C=O) groups excluding carboxylic acids is 1. The number of amides is 1. The zero-order chi connectivity index (χ0) is 5.82. The van der Waals surface area contributed by atoms with Gasteiger partial charge in [-0.05, 0) is 6.42 Å². The van der Waals surface area contributed by atoms with Crippen LogP contribution in [0.1, 0.15) is 6.42 Å². The highest BCUT2D eigenvalue weighted by Gasteiger charge is 2.11. The first-order valence-corrected chi connectivity index (χ1v) is 2.76. The lowest BCUT2D eigenvalue weighted by molar-refractivity contribution is 0.177. The van der Waals surface area contributed by atoms with E-state index in [1.807, 2.05) is 0 Å². The van der Waals surface area contributed by atoms with Crippen molar-refractivity contribution in [3.8, 4) is 0 Å². The van der Waals surface area contributed by atoms with Gasteiger partial charge in [0.2, 0.25) is 0 Å². The van der Waals surface area contributed by atoms with Crippen LogP contribution in [0.3, 0.4) is 0 Å². The lowest BCUT2D eigenvalue weighted by Crippen LogP contribution is -2.42. The summed E-state index contributed by atoms with van der Waals surface area (Å²) in [5, 5.41) is 2.47. The molecule has 45 valence electrons. The molecular weight excluding hydrogens is 104 g/mol. The first-order chi connectivity index (χ1) is 3.93. The predicted octanol–water partition coefficient (Wildman–Crippen LogP) is -0.694. The van der Waals surface area contributed by atoms with E-state index in [-0.39, 0.29) is 0 Å². The van der Waals surface area contributed by atoms with E-state index in [9.17, 15) is 4.79 Å². The molecule has 1 rings (SSSR count). The molecule has 0 aromatic carbocycles. The minimum atomic E-state index is 0.670. The van der Waals surface area contributed by atoms with E-state index in [4.69, 9.17) is 0 Å². The zero-order valence-corrected chi connectivity index (χ0v) is 4.68. The third kappa shape index (κ3) is 1.20. The lowest BCUT2D eigenvalue weighted by Gasteiger charge is -2.29. The third-order valence-electron chi connectivity index (χ3n) is 1.32. The van der Waals surface area contributed by atoms with Crippen LogP contribution in [-0.4, -0.2) is 31.1 Å². The Labute approximate surface area is 48.7 Å². The molecule has 0 aromatic rings.